The Hall–Kier alpha value is -1.86. The lowest BCUT2D eigenvalue weighted by Crippen LogP contribution is -2.30. The number of halogens is 3. The van der Waals surface area contributed by atoms with Gasteiger partial charge in [0.1, 0.15) is 5.69 Å². The summed E-state index contributed by atoms with van der Waals surface area (Å²) < 4.78 is 0. The number of benzene rings is 2. The predicted molar refractivity (Wildman–Crippen MR) is 99.6 cm³/mol. The molecule has 0 fully saturated rings. The van der Waals surface area contributed by atoms with E-state index in [1.54, 1.807) is 18.2 Å². The maximum absolute atomic E-state index is 12.1. The predicted octanol–water partition coefficient (Wildman–Crippen LogP) is 4.84. The number of rotatable bonds is 6. The van der Waals surface area contributed by atoms with Gasteiger partial charge in [0, 0.05) is 27.2 Å². The zero-order chi connectivity index (χ0) is 18.6. The number of hydrogen-bond acceptors (Lipinski definition) is 4. The number of carbonyl (C=O) groups is 1. The average molecular weight is 403 g/mol. The van der Waals surface area contributed by atoms with E-state index in [1.165, 1.54) is 18.2 Å². The summed E-state index contributed by atoms with van der Waals surface area (Å²) in [6, 6.07) is 8.83. The Labute approximate surface area is 159 Å². The van der Waals surface area contributed by atoms with Gasteiger partial charge in [-0.25, -0.2) is 0 Å². The minimum absolute atomic E-state index is 0.0430. The fourth-order valence-electron chi connectivity index (χ4n) is 2.17. The molecule has 0 aliphatic heterocycles. The summed E-state index contributed by atoms with van der Waals surface area (Å²) in [5, 5.41) is 17.8. The summed E-state index contributed by atoms with van der Waals surface area (Å²) in [4.78, 5) is 22.5. The highest BCUT2D eigenvalue weighted by Crippen LogP contribution is 2.28. The van der Waals surface area contributed by atoms with Gasteiger partial charge in [0.2, 0.25) is 5.91 Å². The maximum Gasteiger partial charge on any atom is 0.292 e. The van der Waals surface area contributed by atoms with Gasteiger partial charge in [-0.15, -0.1) is 0 Å². The Bertz CT molecular complexity index is 814. The Kier molecular flexibility index (Phi) is 6.61. The fraction of sp³-hybridized carbons (Fsp3) is 0.188. The first-order valence-electron chi connectivity index (χ1n) is 7.20. The molecule has 6 nitrogen and oxygen atoms in total. The van der Waals surface area contributed by atoms with E-state index >= 15 is 0 Å². The number of anilines is 1. The molecule has 2 aromatic rings. The van der Waals surface area contributed by atoms with Crippen LogP contribution in [0.15, 0.2) is 36.4 Å². The van der Waals surface area contributed by atoms with Crippen LogP contribution in [-0.2, 0) is 4.79 Å². The van der Waals surface area contributed by atoms with Gasteiger partial charge in [0.15, 0.2) is 0 Å². The van der Waals surface area contributed by atoms with Crippen LogP contribution in [0, 0.1) is 10.1 Å². The highest BCUT2D eigenvalue weighted by atomic mass is 35.5. The van der Waals surface area contributed by atoms with Crippen LogP contribution >= 0.6 is 34.8 Å². The molecule has 9 heteroatoms. The first-order valence-corrected chi connectivity index (χ1v) is 8.33. The number of carbonyl (C=O) groups excluding carboxylic acids is 1. The molecular weight excluding hydrogens is 389 g/mol. The lowest BCUT2D eigenvalue weighted by Gasteiger charge is -2.16. The molecule has 1 amide bonds. The molecule has 2 aromatic carbocycles. The van der Waals surface area contributed by atoms with Gasteiger partial charge in [0.25, 0.3) is 5.69 Å². The summed E-state index contributed by atoms with van der Waals surface area (Å²) in [7, 11) is 0. The van der Waals surface area contributed by atoms with Crippen molar-refractivity contribution in [1.29, 1.82) is 0 Å². The van der Waals surface area contributed by atoms with E-state index in [9.17, 15) is 14.9 Å². The van der Waals surface area contributed by atoms with Crippen molar-refractivity contribution in [2.75, 3.05) is 11.9 Å². The molecule has 0 aromatic heterocycles. The zero-order valence-electron chi connectivity index (χ0n) is 13.1. The first kappa shape index (κ1) is 19.5. The molecule has 132 valence electrons. The van der Waals surface area contributed by atoms with Crippen molar-refractivity contribution >= 4 is 52.1 Å². The minimum Gasteiger partial charge on any atom is -0.319 e. The highest BCUT2D eigenvalue weighted by Gasteiger charge is 2.17. The van der Waals surface area contributed by atoms with Gasteiger partial charge in [-0.2, -0.15) is 0 Å². The van der Waals surface area contributed by atoms with Gasteiger partial charge in [-0.3, -0.25) is 14.9 Å². The molecule has 0 aliphatic rings. The molecule has 2 N–H and O–H groups in total. The van der Waals surface area contributed by atoms with Crippen molar-refractivity contribution in [3.63, 3.8) is 0 Å². The normalized spacial score (nSPS) is 11.8. The SMILES string of the molecule is C[C@H](NCC(=O)Nc1cc(Cl)ccc1[N+](=O)[O-])c1ccc(Cl)cc1Cl. The molecule has 0 radical (unpaired) electrons. The number of nitro groups is 1. The molecule has 0 aliphatic carbocycles. The second kappa shape index (κ2) is 8.49. The number of nitrogens with zero attached hydrogens (tertiary/aromatic N) is 1. The topological polar surface area (TPSA) is 84.3 Å². The third-order valence-electron chi connectivity index (χ3n) is 3.43. The van der Waals surface area contributed by atoms with Crippen molar-refractivity contribution in [1.82, 2.24) is 5.32 Å². The quantitative estimate of drug-likeness (QED) is 0.534. The summed E-state index contributed by atoms with van der Waals surface area (Å²) in [5.41, 5.74) is 0.598. The van der Waals surface area contributed by atoms with Crippen LogP contribution in [0.4, 0.5) is 11.4 Å². The van der Waals surface area contributed by atoms with E-state index in [0.29, 0.717) is 10.0 Å². The largest absolute Gasteiger partial charge is 0.319 e. The summed E-state index contributed by atoms with van der Waals surface area (Å²) in [6.45, 7) is 1.77. The minimum atomic E-state index is -0.588. The van der Waals surface area contributed by atoms with Gasteiger partial charge in [-0.05, 0) is 36.8 Å². The van der Waals surface area contributed by atoms with Crippen LogP contribution in [0.5, 0.6) is 0 Å². The molecule has 0 bridgehead atoms. The first-order chi connectivity index (χ1) is 11.8. The van der Waals surface area contributed by atoms with Crippen molar-refractivity contribution in [2.24, 2.45) is 0 Å². The van der Waals surface area contributed by atoms with Crippen LogP contribution in [0.2, 0.25) is 15.1 Å². The van der Waals surface area contributed by atoms with E-state index in [4.69, 9.17) is 34.8 Å². The zero-order valence-corrected chi connectivity index (χ0v) is 15.3. The summed E-state index contributed by atoms with van der Waals surface area (Å²) in [6.07, 6.45) is 0. The lowest BCUT2D eigenvalue weighted by molar-refractivity contribution is -0.383. The second-order valence-electron chi connectivity index (χ2n) is 5.24. The summed E-state index contributed by atoms with van der Waals surface area (Å²) in [5.74, 6) is -0.442. The van der Waals surface area contributed by atoms with E-state index in [2.05, 4.69) is 10.6 Å². The molecule has 0 saturated heterocycles. The molecule has 0 saturated carbocycles. The van der Waals surface area contributed by atoms with E-state index in [1.807, 2.05) is 6.92 Å². The van der Waals surface area contributed by atoms with Crippen LogP contribution in [0.1, 0.15) is 18.5 Å². The molecule has 25 heavy (non-hydrogen) atoms. The van der Waals surface area contributed by atoms with E-state index in [-0.39, 0.29) is 29.0 Å². The van der Waals surface area contributed by atoms with Gasteiger partial charge >= 0.3 is 0 Å². The summed E-state index contributed by atoms with van der Waals surface area (Å²) >= 11 is 17.8. The van der Waals surface area contributed by atoms with Crippen LogP contribution in [0.25, 0.3) is 0 Å². The van der Waals surface area contributed by atoms with Crippen LogP contribution in [0.3, 0.4) is 0 Å². The van der Waals surface area contributed by atoms with Crippen molar-refractivity contribution < 1.29 is 9.72 Å². The average Bonchev–Trinajstić information content (AvgIpc) is 2.52. The number of hydrogen-bond donors (Lipinski definition) is 2. The standard InChI is InChI=1S/C16H14Cl3N3O3/c1-9(12-4-2-10(17)6-13(12)19)20-8-16(23)21-14-7-11(18)3-5-15(14)22(24)25/h2-7,9,20H,8H2,1H3,(H,21,23)/t9-/m0/s1. The molecule has 2 rings (SSSR count). The van der Waals surface area contributed by atoms with Gasteiger partial charge in [-0.1, -0.05) is 40.9 Å². The monoisotopic (exact) mass is 401 g/mol. The number of nitrogens with one attached hydrogen (secondary N) is 2. The Morgan fingerprint density at radius 1 is 1.16 bits per heavy atom. The Morgan fingerprint density at radius 2 is 1.80 bits per heavy atom. The third-order valence-corrected chi connectivity index (χ3v) is 4.22. The van der Waals surface area contributed by atoms with Crippen molar-refractivity contribution in [2.45, 2.75) is 13.0 Å². The molecule has 1 atom stereocenters. The second-order valence-corrected chi connectivity index (χ2v) is 6.52. The smallest absolute Gasteiger partial charge is 0.292 e. The van der Waals surface area contributed by atoms with Crippen molar-refractivity contribution in [3.05, 3.63) is 67.1 Å². The van der Waals surface area contributed by atoms with Crippen LogP contribution < -0.4 is 10.6 Å². The highest BCUT2D eigenvalue weighted by molar-refractivity contribution is 6.35. The Morgan fingerprint density at radius 3 is 2.44 bits per heavy atom. The fourth-order valence-corrected chi connectivity index (χ4v) is 2.91. The van der Waals surface area contributed by atoms with Gasteiger partial charge < -0.3 is 10.6 Å². The maximum atomic E-state index is 12.1. The van der Waals surface area contributed by atoms with Crippen LogP contribution in [-0.4, -0.2) is 17.4 Å². The lowest BCUT2D eigenvalue weighted by atomic mass is 10.1. The molecule has 0 heterocycles. The van der Waals surface area contributed by atoms with Gasteiger partial charge in [0.05, 0.1) is 11.5 Å². The third kappa shape index (κ3) is 5.31. The molecular formula is C16H14Cl3N3O3. The van der Waals surface area contributed by atoms with Crippen molar-refractivity contribution in [3.8, 4) is 0 Å². The number of nitro benzene ring substituents is 1. The Balaban J connectivity index is 2.01. The number of amides is 1. The molecule has 0 unspecified atom stereocenters. The van der Waals surface area contributed by atoms with E-state index < -0.39 is 10.8 Å². The van der Waals surface area contributed by atoms with E-state index in [0.717, 1.165) is 5.56 Å². The molecule has 0 spiro atoms.